The number of epoxide rings is 2. The summed E-state index contributed by atoms with van der Waals surface area (Å²) >= 11 is 5.27. The van der Waals surface area contributed by atoms with Crippen molar-refractivity contribution in [2.75, 3.05) is 38.9 Å². The van der Waals surface area contributed by atoms with Crippen molar-refractivity contribution in [1.29, 1.82) is 0 Å². The number of hydrogen-bond acceptors (Lipinski definition) is 4. The number of aliphatic hydroxyl groups is 1. The van der Waals surface area contributed by atoms with Gasteiger partial charge < -0.3 is 19.3 Å². The van der Waals surface area contributed by atoms with E-state index in [0.717, 1.165) is 32.8 Å². The fraction of sp³-hybridized carbons (Fsp3) is 0.905. The Balaban J connectivity index is 0.000000791. The second-order valence-electron chi connectivity index (χ2n) is 13.7. The number of ether oxygens (including phenoxy) is 3. The van der Waals surface area contributed by atoms with E-state index >= 15 is 0 Å². The van der Waals surface area contributed by atoms with Crippen LogP contribution in [0.4, 0.5) is 0 Å². The summed E-state index contributed by atoms with van der Waals surface area (Å²) in [6.07, 6.45) is 47.9. The van der Waals surface area contributed by atoms with Gasteiger partial charge in [0.05, 0.1) is 31.8 Å². The third kappa shape index (κ3) is 45.6. The first-order valence-corrected chi connectivity index (χ1v) is 21.1. The maximum atomic E-state index is 8.66. The molecule has 2 fully saturated rings. The highest BCUT2D eigenvalue weighted by atomic mass is 35.5. The highest BCUT2D eigenvalue weighted by Crippen LogP contribution is 2.13. The quantitative estimate of drug-likeness (QED) is 0.0317. The molecule has 1 N–H and O–H groups in total. The number of unbranched alkanes of at least 4 members (excludes halogenated alkanes) is 24. The molecule has 280 valence electrons. The molecule has 47 heavy (non-hydrogen) atoms. The SMILES string of the molecule is CCCCCCCC/C=C\CCCCCCCCO.CCCCCCCC/C=C\CCCCCCCCOCC1CO1.ClCC1CO1. The molecule has 0 aromatic carbocycles. The average molecular weight is 686 g/mol. The van der Waals surface area contributed by atoms with Gasteiger partial charge in [-0.2, -0.15) is 0 Å². The monoisotopic (exact) mass is 685 g/mol. The molecule has 0 radical (unpaired) electrons. The second kappa shape index (κ2) is 41.8. The van der Waals surface area contributed by atoms with E-state index < -0.39 is 0 Å². The van der Waals surface area contributed by atoms with Crippen molar-refractivity contribution in [3.8, 4) is 0 Å². The Kier molecular flexibility index (Phi) is 41.4. The third-order valence-electron chi connectivity index (χ3n) is 8.75. The normalized spacial score (nSPS) is 16.7. The molecule has 2 saturated heterocycles. The van der Waals surface area contributed by atoms with Gasteiger partial charge in [-0.3, -0.25) is 0 Å². The van der Waals surface area contributed by atoms with E-state index in [2.05, 4.69) is 38.2 Å². The first kappa shape index (κ1) is 46.6. The average Bonchev–Trinajstić information content (AvgIpc) is 4.02. The lowest BCUT2D eigenvalue weighted by Crippen LogP contribution is -2.02. The van der Waals surface area contributed by atoms with Gasteiger partial charge in [0.25, 0.3) is 0 Å². The summed E-state index contributed by atoms with van der Waals surface area (Å²) in [5.41, 5.74) is 0. The zero-order chi connectivity index (χ0) is 34.1. The van der Waals surface area contributed by atoms with Gasteiger partial charge in [0.1, 0.15) is 6.10 Å². The zero-order valence-corrected chi connectivity index (χ0v) is 32.3. The summed E-state index contributed by atoms with van der Waals surface area (Å²) in [6.45, 7) is 8.43. The molecule has 0 saturated carbocycles. The maximum Gasteiger partial charge on any atom is 0.104 e. The van der Waals surface area contributed by atoms with Gasteiger partial charge >= 0.3 is 0 Å². The third-order valence-corrected chi connectivity index (χ3v) is 9.10. The minimum Gasteiger partial charge on any atom is -0.396 e. The number of aliphatic hydroxyl groups excluding tert-OH is 1. The lowest BCUT2D eigenvalue weighted by Gasteiger charge is -2.02. The molecular formula is C42H81ClO4. The summed E-state index contributed by atoms with van der Waals surface area (Å²) in [5, 5.41) is 8.66. The molecule has 2 heterocycles. The van der Waals surface area contributed by atoms with Gasteiger partial charge in [-0.25, -0.2) is 0 Å². The Labute approximate surface area is 299 Å². The van der Waals surface area contributed by atoms with Crippen molar-refractivity contribution in [2.24, 2.45) is 0 Å². The molecule has 2 unspecified atom stereocenters. The van der Waals surface area contributed by atoms with E-state index in [1.807, 2.05) is 0 Å². The number of alkyl halides is 1. The lowest BCUT2D eigenvalue weighted by molar-refractivity contribution is 0.113. The van der Waals surface area contributed by atoms with E-state index in [-0.39, 0.29) is 0 Å². The van der Waals surface area contributed by atoms with Crippen LogP contribution in [0.3, 0.4) is 0 Å². The minimum absolute atomic E-state index is 0.362. The van der Waals surface area contributed by atoms with Crippen molar-refractivity contribution in [2.45, 2.75) is 206 Å². The molecule has 2 aliphatic rings. The number of rotatable bonds is 34. The summed E-state index contributed by atoms with van der Waals surface area (Å²) in [7, 11) is 0. The van der Waals surface area contributed by atoms with Gasteiger partial charge in [0.2, 0.25) is 0 Å². The topological polar surface area (TPSA) is 54.5 Å². The van der Waals surface area contributed by atoms with Crippen LogP contribution in [-0.4, -0.2) is 56.2 Å². The van der Waals surface area contributed by atoms with E-state index in [4.69, 9.17) is 30.9 Å². The fourth-order valence-corrected chi connectivity index (χ4v) is 5.53. The minimum atomic E-state index is 0.362. The van der Waals surface area contributed by atoms with Crippen LogP contribution >= 0.6 is 11.6 Å². The number of hydrogen-bond donors (Lipinski definition) is 1. The molecule has 0 aromatic rings. The molecule has 2 rings (SSSR count). The molecule has 2 atom stereocenters. The Morgan fingerprint density at radius 2 is 0.851 bits per heavy atom. The van der Waals surface area contributed by atoms with Crippen molar-refractivity contribution in [3.63, 3.8) is 0 Å². The second-order valence-corrected chi connectivity index (χ2v) is 14.0. The highest BCUT2D eigenvalue weighted by Gasteiger charge is 2.22. The first-order valence-electron chi connectivity index (χ1n) is 20.6. The van der Waals surface area contributed by atoms with Crippen molar-refractivity contribution >= 4 is 11.6 Å². The summed E-state index contributed by atoms with van der Waals surface area (Å²) < 4.78 is 15.4. The van der Waals surface area contributed by atoms with E-state index in [1.165, 1.54) is 173 Å². The molecule has 4 nitrogen and oxygen atoms in total. The zero-order valence-electron chi connectivity index (χ0n) is 31.6. The smallest absolute Gasteiger partial charge is 0.104 e. The van der Waals surface area contributed by atoms with Gasteiger partial charge in [0, 0.05) is 13.2 Å². The molecule has 5 heteroatoms. The summed E-state index contributed by atoms with van der Waals surface area (Å²) in [5.74, 6) is 0.667. The van der Waals surface area contributed by atoms with Crippen molar-refractivity contribution in [1.82, 2.24) is 0 Å². The van der Waals surface area contributed by atoms with Crippen LogP contribution in [0.2, 0.25) is 0 Å². The number of halogens is 1. The van der Waals surface area contributed by atoms with Crippen LogP contribution in [0.25, 0.3) is 0 Å². The van der Waals surface area contributed by atoms with Crippen LogP contribution in [0.1, 0.15) is 194 Å². The van der Waals surface area contributed by atoms with E-state index in [9.17, 15) is 0 Å². The molecule has 0 spiro atoms. The van der Waals surface area contributed by atoms with Crippen LogP contribution in [0.15, 0.2) is 24.3 Å². The molecular weight excluding hydrogens is 604 g/mol. The molecule has 0 aliphatic carbocycles. The van der Waals surface area contributed by atoms with Crippen LogP contribution in [0.5, 0.6) is 0 Å². The van der Waals surface area contributed by atoms with Gasteiger partial charge in [-0.05, 0) is 64.2 Å². The van der Waals surface area contributed by atoms with E-state index in [0.29, 0.717) is 24.7 Å². The maximum absolute atomic E-state index is 8.66. The predicted octanol–water partition coefficient (Wildman–Crippen LogP) is 13.1. The van der Waals surface area contributed by atoms with E-state index in [1.54, 1.807) is 0 Å². The highest BCUT2D eigenvalue weighted by molar-refractivity contribution is 6.18. The van der Waals surface area contributed by atoms with Crippen LogP contribution < -0.4 is 0 Å². The fourth-order valence-electron chi connectivity index (χ4n) is 5.35. The number of allylic oxidation sites excluding steroid dienone is 4. The Morgan fingerprint density at radius 3 is 1.17 bits per heavy atom. The molecule has 0 aromatic heterocycles. The van der Waals surface area contributed by atoms with Crippen molar-refractivity contribution < 1.29 is 19.3 Å². The van der Waals surface area contributed by atoms with Gasteiger partial charge in [-0.15, -0.1) is 11.6 Å². The molecule has 2 aliphatic heterocycles. The lowest BCUT2D eigenvalue weighted by atomic mass is 10.1. The Bertz CT molecular complexity index is 618. The summed E-state index contributed by atoms with van der Waals surface area (Å²) in [4.78, 5) is 0. The predicted molar refractivity (Wildman–Crippen MR) is 207 cm³/mol. The molecule has 0 bridgehead atoms. The standard InChI is InChI=1S/C21H40O2.C18H36O.C3H5ClO/c1-2-3-4-5-6-7-8-9-10-11-12-13-14-15-16-17-18-22-19-21-20-23-21;1-2-3-4-5-6-7-8-9-10-11-12-13-14-15-16-17-18-19;4-1-3-2-5-3/h9-10,21H,2-8,11-20H2,1H3;9-10,19H,2-8,11-18H2,1H3;3H,1-2H2/b2*10-9-;. The summed E-state index contributed by atoms with van der Waals surface area (Å²) in [6, 6.07) is 0. The molecule has 0 amide bonds. The Hall–Kier alpha value is -0.390. The Morgan fingerprint density at radius 1 is 0.511 bits per heavy atom. The first-order chi connectivity index (χ1) is 23.3. The van der Waals surface area contributed by atoms with Gasteiger partial charge in [-0.1, -0.05) is 154 Å². The van der Waals surface area contributed by atoms with Crippen molar-refractivity contribution in [3.05, 3.63) is 24.3 Å². The van der Waals surface area contributed by atoms with Crippen LogP contribution in [0, 0.1) is 0 Å². The van der Waals surface area contributed by atoms with Crippen LogP contribution in [-0.2, 0) is 14.2 Å². The van der Waals surface area contributed by atoms with Gasteiger partial charge in [0.15, 0.2) is 0 Å². The largest absolute Gasteiger partial charge is 0.396 e.